The second-order valence-electron chi connectivity index (χ2n) is 6.86. The number of hydrogen-bond acceptors (Lipinski definition) is 5. The van der Waals surface area contributed by atoms with Crippen LogP contribution in [0.15, 0.2) is 24.3 Å². The number of halogens is 2. The normalized spacial score (nSPS) is 24.2. The largest absolute Gasteiger partial charge is 0.497 e. The van der Waals surface area contributed by atoms with Crippen LogP contribution in [0.25, 0.3) is 0 Å². The Morgan fingerprint density at radius 3 is 2.19 bits per heavy atom. The monoisotopic (exact) mass is 400 g/mol. The molecule has 3 rings (SSSR count). The Morgan fingerprint density at radius 2 is 1.69 bits per heavy atom. The van der Waals surface area contributed by atoms with Gasteiger partial charge in [0.05, 0.1) is 7.11 Å². The standard InChI is InChI=1S/C18H22Cl2N2O4/c1-17(12-18(17,19)20)16(24)26-11-15(23)22-9-7-21(8-10-22)13-3-5-14(25-2)6-4-13/h3-6H,7-12H2,1-2H3/t17-/m0/s1. The molecule has 0 spiro atoms. The summed E-state index contributed by atoms with van der Waals surface area (Å²) in [6.45, 7) is 3.96. The average molecular weight is 401 g/mol. The third-order valence-electron chi connectivity index (χ3n) is 5.11. The van der Waals surface area contributed by atoms with Gasteiger partial charge >= 0.3 is 5.97 Å². The van der Waals surface area contributed by atoms with Crippen molar-refractivity contribution in [1.29, 1.82) is 0 Å². The number of nitrogens with zero attached hydrogens (tertiary/aromatic N) is 2. The number of rotatable bonds is 5. The van der Waals surface area contributed by atoms with Gasteiger partial charge in [0.2, 0.25) is 0 Å². The molecule has 0 N–H and O–H groups in total. The Kier molecular flexibility index (Phi) is 5.26. The Hall–Kier alpha value is -1.66. The Bertz CT molecular complexity index is 687. The molecule has 1 aromatic carbocycles. The van der Waals surface area contributed by atoms with Crippen LogP contribution in [0.1, 0.15) is 13.3 Å². The molecular formula is C18H22Cl2N2O4. The van der Waals surface area contributed by atoms with Gasteiger partial charge in [-0.2, -0.15) is 0 Å². The number of methoxy groups -OCH3 is 1. The summed E-state index contributed by atoms with van der Waals surface area (Å²) < 4.78 is 9.21. The Balaban J connectivity index is 1.45. The molecule has 1 saturated carbocycles. The van der Waals surface area contributed by atoms with E-state index < -0.39 is 15.7 Å². The van der Waals surface area contributed by atoms with Gasteiger partial charge < -0.3 is 19.3 Å². The summed E-state index contributed by atoms with van der Waals surface area (Å²) in [7, 11) is 1.63. The summed E-state index contributed by atoms with van der Waals surface area (Å²) in [6, 6.07) is 7.83. The molecule has 1 heterocycles. The maximum absolute atomic E-state index is 12.3. The molecule has 26 heavy (non-hydrogen) atoms. The lowest BCUT2D eigenvalue weighted by molar-refractivity contribution is -0.156. The van der Waals surface area contributed by atoms with E-state index >= 15 is 0 Å². The summed E-state index contributed by atoms with van der Waals surface area (Å²) >= 11 is 11.9. The molecule has 6 nitrogen and oxygen atoms in total. The Labute approximate surface area is 162 Å². The van der Waals surface area contributed by atoms with Crippen LogP contribution < -0.4 is 9.64 Å². The topological polar surface area (TPSA) is 59.1 Å². The molecule has 0 radical (unpaired) electrons. The lowest BCUT2D eigenvalue weighted by atomic mass is 10.1. The van der Waals surface area contributed by atoms with Gasteiger partial charge in [0.25, 0.3) is 5.91 Å². The van der Waals surface area contributed by atoms with Gasteiger partial charge in [0.1, 0.15) is 15.5 Å². The van der Waals surface area contributed by atoms with E-state index in [9.17, 15) is 9.59 Å². The van der Waals surface area contributed by atoms with Crippen LogP contribution in [0.5, 0.6) is 5.75 Å². The van der Waals surface area contributed by atoms with Gasteiger partial charge in [-0.1, -0.05) is 0 Å². The number of esters is 1. The van der Waals surface area contributed by atoms with Crippen LogP contribution in [-0.4, -0.2) is 61.0 Å². The number of alkyl halides is 2. The lowest BCUT2D eigenvalue weighted by Gasteiger charge is -2.36. The second kappa shape index (κ2) is 7.16. The maximum atomic E-state index is 12.3. The smallest absolute Gasteiger partial charge is 0.315 e. The summed E-state index contributed by atoms with van der Waals surface area (Å²) in [4.78, 5) is 28.2. The van der Waals surface area contributed by atoms with Crippen LogP contribution in [0.2, 0.25) is 0 Å². The van der Waals surface area contributed by atoms with Crippen molar-refractivity contribution >= 4 is 40.8 Å². The summed E-state index contributed by atoms with van der Waals surface area (Å²) in [6.07, 6.45) is 0.344. The third kappa shape index (κ3) is 3.71. The minimum atomic E-state index is -1.09. The number of ether oxygens (including phenoxy) is 2. The van der Waals surface area contributed by atoms with Gasteiger partial charge in [-0.05, 0) is 31.2 Å². The highest BCUT2D eigenvalue weighted by atomic mass is 35.5. The minimum Gasteiger partial charge on any atom is -0.497 e. The fraction of sp³-hybridized carbons (Fsp3) is 0.556. The van der Waals surface area contributed by atoms with E-state index in [-0.39, 0.29) is 12.5 Å². The molecule has 0 bridgehead atoms. The van der Waals surface area contributed by atoms with Crippen molar-refractivity contribution in [2.45, 2.75) is 17.7 Å². The van der Waals surface area contributed by atoms with Crippen LogP contribution in [0.4, 0.5) is 5.69 Å². The summed E-state index contributed by atoms with van der Waals surface area (Å²) in [5.41, 5.74) is 0.176. The molecule has 0 aromatic heterocycles. The Morgan fingerprint density at radius 1 is 1.12 bits per heavy atom. The van der Waals surface area contributed by atoms with E-state index in [1.54, 1.807) is 18.9 Å². The van der Waals surface area contributed by atoms with Crippen molar-refractivity contribution < 1.29 is 19.1 Å². The molecule has 1 atom stereocenters. The number of benzene rings is 1. The summed E-state index contributed by atoms with van der Waals surface area (Å²) in [5.74, 6) is 0.0890. The van der Waals surface area contributed by atoms with E-state index in [1.807, 2.05) is 24.3 Å². The summed E-state index contributed by atoms with van der Waals surface area (Å²) in [5, 5.41) is 0. The van der Waals surface area contributed by atoms with Gasteiger partial charge in [-0.15, -0.1) is 23.2 Å². The maximum Gasteiger partial charge on any atom is 0.315 e. The SMILES string of the molecule is COc1ccc(N2CCN(C(=O)COC(=O)[C@]3(C)CC3(Cl)Cl)CC2)cc1. The molecule has 8 heteroatoms. The molecule has 1 aromatic rings. The highest BCUT2D eigenvalue weighted by molar-refractivity contribution is 6.53. The van der Waals surface area contributed by atoms with Gasteiger partial charge in [0, 0.05) is 38.3 Å². The van der Waals surface area contributed by atoms with E-state index in [2.05, 4.69) is 4.90 Å². The van der Waals surface area contributed by atoms with Crippen LogP contribution in [0, 0.1) is 5.41 Å². The molecule has 2 fully saturated rings. The highest BCUT2D eigenvalue weighted by Gasteiger charge is 2.69. The first-order valence-electron chi connectivity index (χ1n) is 8.49. The van der Waals surface area contributed by atoms with E-state index in [1.165, 1.54) is 0 Å². The van der Waals surface area contributed by atoms with Gasteiger partial charge in [-0.25, -0.2) is 0 Å². The zero-order valence-corrected chi connectivity index (χ0v) is 16.3. The fourth-order valence-corrected chi connectivity index (χ4v) is 3.70. The molecule has 1 saturated heterocycles. The number of carbonyl (C=O) groups excluding carboxylic acids is 2. The second-order valence-corrected chi connectivity index (χ2v) is 8.34. The van der Waals surface area contributed by atoms with Crippen LogP contribution >= 0.6 is 23.2 Å². The number of hydrogen-bond donors (Lipinski definition) is 0. The quantitative estimate of drug-likeness (QED) is 0.561. The van der Waals surface area contributed by atoms with Crippen LogP contribution in [-0.2, 0) is 14.3 Å². The van der Waals surface area contributed by atoms with Crippen molar-refractivity contribution in [3.8, 4) is 5.75 Å². The molecule has 1 aliphatic carbocycles. The first kappa shape index (κ1) is 19.1. The molecule has 2 aliphatic rings. The first-order valence-corrected chi connectivity index (χ1v) is 9.24. The predicted octanol–water partition coefficient (Wildman–Crippen LogP) is 2.47. The lowest BCUT2D eigenvalue weighted by Crippen LogP contribution is -2.50. The van der Waals surface area contributed by atoms with Crippen molar-refractivity contribution in [2.75, 3.05) is 44.8 Å². The first-order chi connectivity index (χ1) is 12.3. The zero-order chi connectivity index (χ0) is 18.9. The van der Waals surface area contributed by atoms with Gasteiger partial charge in [0.15, 0.2) is 6.61 Å². The van der Waals surface area contributed by atoms with E-state index in [0.29, 0.717) is 19.5 Å². The third-order valence-corrected chi connectivity index (χ3v) is 6.21. The predicted molar refractivity (Wildman–Crippen MR) is 99.9 cm³/mol. The number of amides is 1. The average Bonchev–Trinajstić information content (AvgIpc) is 3.18. The molecule has 142 valence electrons. The number of carbonyl (C=O) groups is 2. The fourth-order valence-electron chi connectivity index (χ4n) is 3.01. The zero-order valence-electron chi connectivity index (χ0n) is 14.8. The van der Waals surface area contributed by atoms with Crippen LogP contribution in [0.3, 0.4) is 0 Å². The van der Waals surface area contributed by atoms with Crippen molar-refractivity contribution in [3.63, 3.8) is 0 Å². The number of piperazine rings is 1. The minimum absolute atomic E-state index is 0.202. The van der Waals surface area contributed by atoms with Crippen molar-refractivity contribution in [3.05, 3.63) is 24.3 Å². The molecule has 1 aliphatic heterocycles. The van der Waals surface area contributed by atoms with E-state index in [4.69, 9.17) is 32.7 Å². The number of anilines is 1. The molecular weight excluding hydrogens is 379 g/mol. The molecule has 1 amide bonds. The van der Waals surface area contributed by atoms with Gasteiger partial charge in [-0.3, -0.25) is 9.59 Å². The van der Waals surface area contributed by atoms with E-state index in [0.717, 1.165) is 24.5 Å². The highest BCUT2D eigenvalue weighted by Crippen LogP contribution is 2.64. The van der Waals surface area contributed by atoms with Crippen molar-refractivity contribution in [2.24, 2.45) is 5.41 Å². The molecule has 0 unspecified atom stereocenters. The van der Waals surface area contributed by atoms with Crippen molar-refractivity contribution in [1.82, 2.24) is 4.90 Å².